The summed E-state index contributed by atoms with van der Waals surface area (Å²) < 4.78 is 0. The minimum atomic E-state index is -1.05. The van der Waals surface area contributed by atoms with Crippen LogP contribution in [-0.4, -0.2) is 16.6 Å². The van der Waals surface area contributed by atoms with E-state index in [1.165, 1.54) is 0 Å². The molecule has 3 N–H and O–H groups in total. The summed E-state index contributed by atoms with van der Waals surface area (Å²) in [7, 11) is 0. The Morgan fingerprint density at radius 2 is 1.92 bits per heavy atom. The van der Waals surface area contributed by atoms with Crippen molar-refractivity contribution in [3.63, 3.8) is 0 Å². The molecule has 0 spiro atoms. The van der Waals surface area contributed by atoms with Gasteiger partial charge >= 0.3 is 5.97 Å². The molecule has 78 valence electrons. The molecule has 2 atom stereocenters. The average Bonchev–Trinajstić information content (AvgIpc) is 2.01. The van der Waals surface area contributed by atoms with Crippen molar-refractivity contribution in [1.82, 2.24) is 0 Å². The highest BCUT2D eigenvalue weighted by Gasteiger charge is 2.37. The molecule has 0 saturated carbocycles. The number of carbonyl (C=O) groups is 1. The third kappa shape index (κ3) is 2.99. The molecule has 3 nitrogen and oxygen atoms in total. The van der Waals surface area contributed by atoms with E-state index in [9.17, 15) is 4.79 Å². The predicted octanol–water partition coefficient (Wildman–Crippen LogP) is 1.86. The Balaban J connectivity index is 4.47. The third-order valence-electron chi connectivity index (χ3n) is 2.69. The Labute approximate surface area is 80.3 Å². The number of rotatable bonds is 5. The summed E-state index contributed by atoms with van der Waals surface area (Å²) in [5, 5.41) is 8.99. The second-order valence-electron chi connectivity index (χ2n) is 4.23. The van der Waals surface area contributed by atoms with Crippen molar-refractivity contribution in [3.05, 3.63) is 0 Å². The molecule has 0 rings (SSSR count). The lowest BCUT2D eigenvalue weighted by molar-refractivity contribution is -0.145. The molecular weight excluding hydrogens is 166 g/mol. The van der Waals surface area contributed by atoms with Gasteiger partial charge in [0.15, 0.2) is 0 Å². The molecule has 0 aliphatic rings. The van der Waals surface area contributed by atoms with Gasteiger partial charge in [-0.2, -0.15) is 0 Å². The molecule has 0 aromatic carbocycles. The first-order valence-electron chi connectivity index (χ1n) is 4.86. The molecule has 0 aliphatic carbocycles. The van der Waals surface area contributed by atoms with Gasteiger partial charge in [0, 0.05) is 0 Å². The number of hydrogen-bond acceptors (Lipinski definition) is 2. The topological polar surface area (TPSA) is 63.3 Å². The maximum absolute atomic E-state index is 11.0. The summed E-state index contributed by atoms with van der Waals surface area (Å²) in [4.78, 5) is 11.0. The van der Waals surface area contributed by atoms with E-state index in [4.69, 9.17) is 10.8 Å². The van der Waals surface area contributed by atoms with Crippen molar-refractivity contribution in [2.75, 3.05) is 0 Å². The summed E-state index contributed by atoms with van der Waals surface area (Å²) in [5.74, 6) is -0.373. The largest absolute Gasteiger partial charge is 0.480 e. The Kier molecular flexibility index (Phi) is 4.40. The smallest absolute Gasteiger partial charge is 0.323 e. The summed E-state index contributed by atoms with van der Waals surface area (Å²) in [6.07, 6.45) is 1.34. The van der Waals surface area contributed by atoms with Crippen LogP contribution in [0.15, 0.2) is 0 Å². The molecule has 3 heteroatoms. The fraction of sp³-hybridized carbons (Fsp3) is 0.900. The van der Waals surface area contributed by atoms with Crippen LogP contribution in [0.1, 0.15) is 40.5 Å². The monoisotopic (exact) mass is 187 g/mol. The maximum Gasteiger partial charge on any atom is 0.323 e. The lowest BCUT2D eigenvalue weighted by Crippen LogP contribution is -2.53. The first kappa shape index (κ1) is 12.4. The van der Waals surface area contributed by atoms with Gasteiger partial charge in [-0.3, -0.25) is 4.79 Å². The van der Waals surface area contributed by atoms with Crippen molar-refractivity contribution in [3.8, 4) is 0 Å². The minimum absolute atomic E-state index is 0.0231. The number of nitrogens with two attached hydrogens (primary N) is 1. The quantitative estimate of drug-likeness (QED) is 0.690. The van der Waals surface area contributed by atoms with Crippen LogP contribution in [0, 0.1) is 11.8 Å². The van der Waals surface area contributed by atoms with Crippen molar-refractivity contribution in [2.45, 2.75) is 46.1 Å². The van der Waals surface area contributed by atoms with E-state index < -0.39 is 11.5 Å². The maximum atomic E-state index is 11.0. The van der Waals surface area contributed by atoms with Gasteiger partial charge in [-0.1, -0.05) is 27.7 Å². The Morgan fingerprint density at radius 3 is 2.15 bits per heavy atom. The van der Waals surface area contributed by atoms with Gasteiger partial charge in [0.1, 0.15) is 5.54 Å². The zero-order valence-corrected chi connectivity index (χ0v) is 9.00. The van der Waals surface area contributed by atoms with Gasteiger partial charge in [0.05, 0.1) is 0 Å². The van der Waals surface area contributed by atoms with Crippen LogP contribution in [0.4, 0.5) is 0 Å². The average molecular weight is 187 g/mol. The molecule has 0 radical (unpaired) electrons. The molecular formula is C10H21NO2. The fourth-order valence-electron chi connectivity index (χ4n) is 1.63. The molecule has 0 aromatic heterocycles. The van der Waals surface area contributed by atoms with Crippen LogP contribution < -0.4 is 5.73 Å². The summed E-state index contributed by atoms with van der Waals surface area (Å²) >= 11 is 0. The first-order valence-corrected chi connectivity index (χ1v) is 4.86. The molecule has 0 amide bonds. The van der Waals surface area contributed by atoms with Gasteiger partial charge in [0.25, 0.3) is 0 Å². The number of carboxylic acids is 1. The predicted molar refractivity (Wildman–Crippen MR) is 53.5 cm³/mol. The second-order valence-corrected chi connectivity index (χ2v) is 4.23. The third-order valence-corrected chi connectivity index (χ3v) is 2.69. The number of hydrogen-bond donors (Lipinski definition) is 2. The Bertz CT molecular complexity index is 180. The standard InChI is InChI=1S/C10H21NO2/c1-5-10(11,9(12)13)8(4)6-7(2)3/h7-8H,5-6,11H2,1-4H3,(H,12,13). The van der Waals surface area contributed by atoms with E-state index >= 15 is 0 Å². The lowest BCUT2D eigenvalue weighted by atomic mass is 9.79. The molecule has 0 fully saturated rings. The highest BCUT2D eigenvalue weighted by molar-refractivity contribution is 5.78. The second kappa shape index (κ2) is 4.61. The van der Waals surface area contributed by atoms with Crippen LogP contribution >= 0.6 is 0 Å². The SMILES string of the molecule is CCC(N)(C(=O)O)C(C)CC(C)C. The van der Waals surface area contributed by atoms with Crippen LogP contribution in [0.3, 0.4) is 0 Å². The first-order chi connectivity index (χ1) is 5.84. The fourth-order valence-corrected chi connectivity index (χ4v) is 1.63. The highest BCUT2D eigenvalue weighted by atomic mass is 16.4. The van der Waals surface area contributed by atoms with E-state index in [0.717, 1.165) is 6.42 Å². The van der Waals surface area contributed by atoms with Crippen LogP contribution in [0.25, 0.3) is 0 Å². The van der Waals surface area contributed by atoms with E-state index in [0.29, 0.717) is 12.3 Å². The van der Waals surface area contributed by atoms with Gasteiger partial charge in [-0.25, -0.2) is 0 Å². The lowest BCUT2D eigenvalue weighted by Gasteiger charge is -2.31. The summed E-state index contributed by atoms with van der Waals surface area (Å²) in [5.41, 5.74) is 4.78. The van der Waals surface area contributed by atoms with Gasteiger partial charge < -0.3 is 10.8 Å². The zero-order valence-electron chi connectivity index (χ0n) is 9.00. The number of aliphatic carboxylic acids is 1. The summed E-state index contributed by atoms with van der Waals surface area (Å²) in [6.45, 7) is 7.89. The highest BCUT2D eigenvalue weighted by Crippen LogP contribution is 2.25. The van der Waals surface area contributed by atoms with E-state index in [2.05, 4.69) is 13.8 Å². The molecule has 0 heterocycles. The van der Waals surface area contributed by atoms with Gasteiger partial charge in [-0.15, -0.1) is 0 Å². The zero-order chi connectivity index (χ0) is 10.6. The van der Waals surface area contributed by atoms with Crippen molar-refractivity contribution < 1.29 is 9.90 Å². The van der Waals surface area contributed by atoms with E-state index in [1.54, 1.807) is 0 Å². The van der Waals surface area contributed by atoms with Crippen LogP contribution in [-0.2, 0) is 4.79 Å². The van der Waals surface area contributed by atoms with Crippen molar-refractivity contribution in [1.29, 1.82) is 0 Å². The van der Waals surface area contributed by atoms with E-state index in [1.807, 2.05) is 13.8 Å². The van der Waals surface area contributed by atoms with Crippen LogP contribution in [0.2, 0.25) is 0 Å². The molecule has 13 heavy (non-hydrogen) atoms. The summed E-state index contributed by atoms with van der Waals surface area (Å²) in [6, 6.07) is 0. The normalized spacial score (nSPS) is 18.3. The molecule has 0 saturated heterocycles. The van der Waals surface area contributed by atoms with Gasteiger partial charge in [0.2, 0.25) is 0 Å². The number of carboxylic acid groups (broad SMARTS) is 1. The molecule has 2 unspecified atom stereocenters. The Hall–Kier alpha value is -0.570. The van der Waals surface area contributed by atoms with Gasteiger partial charge in [-0.05, 0) is 24.7 Å². The Morgan fingerprint density at radius 1 is 1.46 bits per heavy atom. The molecule has 0 aromatic rings. The minimum Gasteiger partial charge on any atom is -0.480 e. The van der Waals surface area contributed by atoms with Crippen LogP contribution in [0.5, 0.6) is 0 Å². The van der Waals surface area contributed by atoms with Crippen molar-refractivity contribution in [2.24, 2.45) is 17.6 Å². The van der Waals surface area contributed by atoms with E-state index in [-0.39, 0.29) is 5.92 Å². The van der Waals surface area contributed by atoms with Crippen molar-refractivity contribution >= 4 is 5.97 Å². The molecule has 0 bridgehead atoms. The molecule has 0 aliphatic heterocycles.